The maximum absolute atomic E-state index is 12.7. The van der Waals surface area contributed by atoms with Gasteiger partial charge in [0.2, 0.25) is 11.8 Å². The summed E-state index contributed by atoms with van der Waals surface area (Å²) in [5.41, 5.74) is 1.57. The number of thiophene rings is 1. The summed E-state index contributed by atoms with van der Waals surface area (Å²) in [6.45, 7) is 2.90. The van der Waals surface area contributed by atoms with E-state index in [0.29, 0.717) is 42.2 Å². The first kappa shape index (κ1) is 22.5. The lowest BCUT2D eigenvalue weighted by Crippen LogP contribution is -2.45. The quantitative estimate of drug-likeness (QED) is 0.647. The molecule has 2 aromatic rings. The van der Waals surface area contributed by atoms with Crippen LogP contribution < -0.4 is 10.6 Å². The lowest BCUT2D eigenvalue weighted by Gasteiger charge is -2.30. The molecule has 0 spiro atoms. The number of nitrogens with zero attached hydrogens (tertiary/aromatic N) is 1. The Labute approximate surface area is 181 Å². The largest absolute Gasteiger partial charge is 0.352 e. The zero-order valence-corrected chi connectivity index (χ0v) is 18.6. The number of nitrogens with one attached hydrogen (secondary N) is 2. The summed E-state index contributed by atoms with van der Waals surface area (Å²) in [4.78, 5) is 24.4. The smallest absolute Gasteiger partial charge is 0.252 e. The van der Waals surface area contributed by atoms with Crippen LogP contribution in [0.25, 0.3) is 0 Å². The highest BCUT2D eigenvalue weighted by Crippen LogP contribution is 2.26. The molecule has 0 radical (unpaired) electrons. The molecule has 2 heterocycles. The van der Waals surface area contributed by atoms with Gasteiger partial charge in [0.25, 0.3) is 10.0 Å². The van der Waals surface area contributed by atoms with E-state index in [1.54, 1.807) is 17.5 Å². The van der Waals surface area contributed by atoms with Gasteiger partial charge in [0.05, 0.1) is 5.92 Å². The zero-order valence-electron chi connectivity index (χ0n) is 17.0. The van der Waals surface area contributed by atoms with Gasteiger partial charge in [-0.05, 0) is 48.4 Å². The Morgan fingerprint density at radius 1 is 1.23 bits per heavy atom. The van der Waals surface area contributed by atoms with Crippen molar-refractivity contribution in [3.8, 4) is 0 Å². The Kier molecular flexibility index (Phi) is 7.63. The average molecular weight is 450 g/mol. The zero-order chi connectivity index (χ0) is 21.6. The number of amides is 2. The fourth-order valence-corrected chi connectivity index (χ4v) is 6.12. The Morgan fingerprint density at radius 2 is 2.07 bits per heavy atom. The van der Waals surface area contributed by atoms with Crippen molar-refractivity contribution >= 4 is 38.9 Å². The van der Waals surface area contributed by atoms with Gasteiger partial charge in [-0.25, -0.2) is 8.42 Å². The number of rotatable bonds is 8. The predicted molar refractivity (Wildman–Crippen MR) is 118 cm³/mol. The molecule has 1 aromatic heterocycles. The van der Waals surface area contributed by atoms with E-state index in [1.165, 1.54) is 15.6 Å². The third kappa shape index (κ3) is 5.68. The first-order chi connectivity index (χ1) is 14.4. The SMILES string of the molecule is CCCC(=O)Nc1cccc(CNC(=O)C2CCCN(S(=O)(=O)c3cccs3)C2)c1. The molecule has 1 saturated heterocycles. The number of hydrogen-bond acceptors (Lipinski definition) is 5. The van der Waals surface area contributed by atoms with E-state index in [-0.39, 0.29) is 24.3 Å². The maximum Gasteiger partial charge on any atom is 0.252 e. The van der Waals surface area contributed by atoms with Crippen molar-refractivity contribution in [2.24, 2.45) is 5.92 Å². The molecule has 7 nitrogen and oxygen atoms in total. The van der Waals surface area contributed by atoms with Gasteiger partial charge in [-0.15, -0.1) is 11.3 Å². The van der Waals surface area contributed by atoms with Crippen LogP contribution in [0, 0.1) is 5.92 Å². The van der Waals surface area contributed by atoms with E-state index in [2.05, 4.69) is 10.6 Å². The van der Waals surface area contributed by atoms with Gasteiger partial charge < -0.3 is 10.6 Å². The van der Waals surface area contributed by atoms with Crippen molar-refractivity contribution in [2.75, 3.05) is 18.4 Å². The molecule has 1 aromatic carbocycles. The highest BCUT2D eigenvalue weighted by molar-refractivity contribution is 7.91. The molecule has 2 N–H and O–H groups in total. The molecule has 1 unspecified atom stereocenters. The summed E-state index contributed by atoms with van der Waals surface area (Å²) in [5.74, 6) is -0.560. The van der Waals surface area contributed by atoms with E-state index in [1.807, 2.05) is 31.2 Å². The van der Waals surface area contributed by atoms with Crippen LogP contribution in [-0.2, 0) is 26.2 Å². The minimum absolute atomic E-state index is 0.0343. The molecule has 30 heavy (non-hydrogen) atoms. The normalized spacial score (nSPS) is 17.4. The Hall–Kier alpha value is -2.23. The number of carbonyl (C=O) groups is 2. The molecule has 0 aliphatic carbocycles. The van der Waals surface area contributed by atoms with Crippen molar-refractivity contribution in [3.63, 3.8) is 0 Å². The average Bonchev–Trinajstić information content (AvgIpc) is 3.28. The van der Waals surface area contributed by atoms with Crippen LogP contribution in [0.2, 0.25) is 0 Å². The molecule has 0 bridgehead atoms. The first-order valence-electron chi connectivity index (χ1n) is 10.1. The van der Waals surface area contributed by atoms with Crippen molar-refractivity contribution in [2.45, 2.75) is 43.4 Å². The third-order valence-corrected chi connectivity index (χ3v) is 8.24. The Morgan fingerprint density at radius 3 is 2.80 bits per heavy atom. The van der Waals surface area contributed by atoms with Crippen LogP contribution in [0.3, 0.4) is 0 Å². The molecule has 3 rings (SSSR count). The topological polar surface area (TPSA) is 95.6 Å². The van der Waals surface area contributed by atoms with E-state index >= 15 is 0 Å². The van der Waals surface area contributed by atoms with Crippen molar-refractivity contribution in [1.82, 2.24) is 9.62 Å². The second-order valence-electron chi connectivity index (χ2n) is 7.35. The molecule has 0 saturated carbocycles. The summed E-state index contributed by atoms with van der Waals surface area (Å²) in [7, 11) is -3.54. The van der Waals surface area contributed by atoms with Crippen LogP contribution in [0.5, 0.6) is 0 Å². The van der Waals surface area contributed by atoms with Gasteiger partial charge in [0.1, 0.15) is 4.21 Å². The standard InChI is InChI=1S/C21H27N3O4S2/c1-2-6-19(25)23-18-9-3-7-16(13-18)14-22-21(26)17-8-4-11-24(15-17)30(27,28)20-10-5-12-29-20/h3,5,7,9-10,12-13,17H,2,4,6,8,11,14-15H2,1H3,(H,22,26)(H,23,25). The molecule has 1 atom stereocenters. The minimum atomic E-state index is -3.54. The Balaban J connectivity index is 1.57. The minimum Gasteiger partial charge on any atom is -0.352 e. The van der Waals surface area contributed by atoms with Gasteiger partial charge in [-0.2, -0.15) is 4.31 Å². The first-order valence-corrected chi connectivity index (χ1v) is 12.4. The summed E-state index contributed by atoms with van der Waals surface area (Å²) >= 11 is 1.19. The van der Waals surface area contributed by atoms with Crippen molar-refractivity contribution < 1.29 is 18.0 Å². The Bertz CT molecular complexity index is 974. The highest BCUT2D eigenvalue weighted by atomic mass is 32.2. The second kappa shape index (κ2) is 10.2. The van der Waals surface area contributed by atoms with E-state index < -0.39 is 10.0 Å². The van der Waals surface area contributed by atoms with Gasteiger partial charge >= 0.3 is 0 Å². The monoisotopic (exact) mass is 449 g/mol. The van der Waals surface area contributed by atoms with E-state index in [0.717, 1.165) is 12.0 Å². The number of hydrogen-bond donors (Lipinski definition) is 2. The summed E-state index contributed by atoms with van der Waals surface area (Å²) in [6, 6.07) is 10.7. The molecule has 1 fully saturated rings. The van der Waals surface area contributed by atoms with Gasteiger partial charge in [0.15, 0.2) is 0 Å². The second-order valence-corrected chi connectivity index (χ2v) is 10.5. The van der Waals surface area contributed by atoms with Crippen LogP contribution in [-0.4, -0.2) is 37.6 Å². The summed E-state index contributed by atoms with van der Waals surface area (Å²) in [6.07, 6.45) is 2.56. The van der Waals surface area contributed by atoms with Gasteiger partial charge in [0, 0.05) is 31.7 Å². The number of piperidine rings is 1. The van der Waals surface area contributed by atoms with E-state index in [9.17, 15) is 18.0 Å². The fraction of sp³-hybridized carbons (Fsp3) is 0.429. The molecule has 1 aliphatic rings. The van der Waals surface area contributed by atoms with Gasteiger partial charge in [-0.3, -0.25) is 9.59 Å². The van der Waals surface area contributed by atoms with Crippen LogP contribution in [0.1, 0.15) is 38.2 Å². The number of anilines is 1. The molecule has 1 aliphatic heterocycles. The van der Waals surface area contributed by atoms with Crippen LogP contribution in [0.15, 0.2) is 46.0 Å². The fourth-order valence-electron chi connectivity index (χ4n) is 3.46. The third-order valence-electron chi connectivity index (χ3n) is 5.00. The van der Waals surface area contributed by atoms with Crippen molar-refractivity contribution in [1.29, 1.82) is 0 Å². The molecular formula is C21H27N3O4S2. The lowest BCUT2D eigenvalue weighted by molar-refractivity contribution is -0.126. The molecular weight excluding hydrogens is 422 g/mol. The van der Waals surface area contributed by atoms with E-state index in [4.69, 9.17) is 0 Å². The highest BCUT2D eigenvalue weighted by Gasteiger charge is 2.33. The maximum atomic E-state index is 12.7. The number of carbonyl (C=O) groups excluding carboxylic acids is 2. The molecule has 9 heteroatoms. The summed E-state index contributed by atoms with van der Waals surface area (Å²) < 4.78 is 27.2. The lowest BCUT2D eigenvalue weighted by atomic mass is 9.98. The summed E-state index contributed by atoms with van der Waals surface area (Å²) in [5, 5.41) is 7.49. The molecule has 2 amide bonds. The van der Waals surface area contributed by atoms with Crippen LogP contribution in [0.4, 0.5) is 5.69 Å². The molecule has 162 valence electrons. The van der Waals surface area contributed by atoms with Crippen LogP contribution >= 0.6 is 11.3 Å². The number of benzene rings is 1. The number of sulfonamides is 1. The predicted octanol–water partition coefficient (Wildman–Crippen LogP) is 3.20. The van der Waals surface area contributed by atoms with Crippen molar-refractivity contribution in [3.05, 3.63) is 47.3 Å². The van der Waals surface area contributed by atoms with Gasteiger partial charge in [-0.1, -0.05) is 25.1 Å².